The lowest BCUT2D eigenvalue weighted by Gasteiger charge is -2.20. The highest BCUT2D eigenvalue weighted by atomic mass is 32.2. The predicted molar refractivity (Wildman–Crippen MR) is 73.4 cm³/mol. The molecule has 1 aromatic carbocycles. The lowest BCUT2D eigenvalue weighted by atomic mass is 10.1. The molecular formula is C12H20N2O4S. The van der Waals surface area contributed by atoms with Crippen LogP contribution in [-0.2, 0) is 10.0 Å². The number of anilines is 1. The zero-order valence-electron chi connectivity index (χ0n) is 11.3. The summed E-state index contributed by atoms with van der Waals surface area (Å²) in [4.78, 5) is 0.0534. The largest absolute Gasteiger partial charge is 0.495 e. The Balaban J connectivity index is 3.06. The summed E-state index contributed by atoms with van der Waals surface area (Å²) in [6, 6.07) is 3.69. The molecule has 0 saturated carbocycles. The first-order valence-electron chi connectivity index (χ1n) is 5.88. The van der Waals surface area contributed by atoms with Gasteiger partial charge >= 0.3 is 0 Å². The summed E-state index contributed by atoms with van der Waals surface area (Å²) < 4.78 is 31.8. The van der Waals surface area contributed by atoms with Gasteiger partial charge in [-0.25, -0.2) is 13.1 Å². The van der Waals surface area contributed by atoms with Gasteiger partial charge in [0.05, 0.1) is 24.3 Å². The van der Waals surface area contributed by atoms with E-state index in [9.17, 15) is 13.5 Å². The van der Waals surface area contributed by atoms with E-state index in [0.717, 1.165) is 0 Å². The van der Waals surface area contributed by atoms with E-state index in [4.69, 9.17) is 10.5 Å². The van der Waals surface area contributed by atoms with Gasteiger partial charge in [-0.3, -0.25) is 0 Å². The summed E-state index contributed by atoms with van der Waals surface area (Å²) in [6.07, 6.45) is 0. The van der Waals surface area contributed by atoms with Crippen LogP contribution >= 0.6 is 0 Å². The Hall–Kier alpha value is -1.31. The highest BCUT2D eigenvalue weighted by molar-refractivity contribution is 7.89. The first kappa shape index (κ1) is 15.7. The van der Waals surface area contributed by atoms with Crippen LogP contribution in [0.2, 0.25) is 0 Å². The van der Waals surface area contributed by atoms with E-state index in [-0.39, 0.29) is 17.4 Å². The molecule has 0 bridgehead atoms. The van der Waals surface area contributed by atoms with Crippen LogP contribution < -0.4 is 15.2 Å². The van der Waals surface area contributed by atoms with Gasteiger partial charge in [0.2, 0.25) is 10.0 Å². The predicted octanol–water partition coefficient (Wildman–Crippen LogP) is 0.573. The molecular weight excluding hydrogens is 268 g/mol. The van der Waals surface area contributed by atoms with Crippen LogP contribution in [0.3, 0.4) is 0 Å². The zero-order valence-corrected chi connectivity index (χ0v) is 12.1. The van der Waals surface area contributed by atoms with Crippen molar-refractivity contribution in [2.45, 2.75) is 24.8 Å². The number of hydrogen-bond acceptors (Lipinski definition) is 5. The second kappa shape index (κ2) is 6.23. The van der Waals surface area contributed by atoms with Gasteiger partial charge in [0.1, 0.15) is 5.75 Å². The molecule has 0 spiro atoms. The van der Waals surface area contributed by atoms with Crippen molar-refractivity contribution in [3.05, 3.63) is 18.2 Å². The smallest absolute Gasteiger partial charge is 0.241 e. The number of aliphatic hydroxyl groups is 1. The second-order valence-electron chi connectivity index (χ2n) is 4.56. The van der Waals surface area contributed by atoms with Gasteiger partial charge in [0, 0.05) is 12.1 Å². The highest BCUT2D eigenvalue weighted by Crippen LogP contribution is 2.24. The van der Waals surface area contributed by atoms with Gasteiger partial charge in [0.25, 0.3) is 0 Å². The summed E-state index contributed by atoms with van der Waals surface area (Å²) >= 11 is 0. The lowest BCUT2D eigenvalue weighted by molar-refractivity contribution is 0.227. The lowest BCUT2D eigenvalue weighted by Crippen LogP contribution is -2.41. The molecule has 0 aliphatic rings. The Bertz CT molecular complexity index is 529. The molecule has 1 rings (SSSR count). The number of rotatable bonds is 6. The number of nitrogens with two attached hydrogens (primary N) is 1. The topological polar surface area (TPSA) is 102 Å². The van der Waals surface area contributed by atoms with E-state index in [1.807, 2.05) is 13.8 Å². The average Bonchev–Trinajstić information content (AvgIpc) is 2.36. The number of nitrogens with one attached hydrogen (secondary N) is 1. The Morgan fingerprint density at radius 3 is 2.53 bits per heavy atom. The number of aliphatic hydroxyl groups excluding tert-OH is 1. The number of sulfonamides is 1. The standard InChI is InChI=1S/C12H20N2O4S/c1-8(2)11(7-15)14-19(16,17)9-4-5-10(13)12(6-9)18-3/h4-6,8,11,14-15H,7,13H2,1-3H3. The van der Waals surface area contributed by atoms with E-state index in [0.29, 0.717) is 11.4 Å². The molecule has 108 valence electrons. The first-order valence-corrected chi connectivity index (χ1v) is 7.37. The molecule has 0 aromatic heterocycles. The Labute approximate surface area is 113 Å². The molecule has 1 atom stereocenters. The van der Waals surface area contributed by atoms with Crippen LogP contribution in [0.15, 0.2) is 23.1 Å². The number of benzene rings is 1. The monoisotopic (exact) mass is 288 g/mol. The normalized spacial score (nSPS) is 13.5. The molecule has 0 fully saturated rings. The molecule has 6 nitrogen and oxygen atoms in total. The second-order valence-corrected chi connectivity index (χ2v) is 6.27. The maximum atomic E-state index is 12.2. The molecule has 0 amide bonds. The number of hydrogen-bond donors (Lipinski definition) is 3. The third-order valence-electron chi connectivity index (χ3n) is 2.82. The third-order valence-corrected chi connectivity index (χ3v) is 4.31. The highest BCUT2D eigenvalue weighted by Gasteiger charge is 2.22. The average molecular weight is 288 g/mol. The fraction of sp³-hybridized carbons (Fsp3) is 0.500. The zero-order chi connectivity index (χ0) is 14.6. The molecule has 0 saturated heterocycles. The number of ether oxygens (including phenoxy) is 1. The summed E-state index contributed by atoms with van der Waals surface area (Å²) in [5.41, 5.74) is 6.00. The van der Waals surface area contributed by atoms with Crippen molar-refractivity contribution in [1.82, 2.24) is 4.72 Å². The molecule has 4 N–H and O–H groups in total. The Morgan fingerprint density at radius 1 is 1.42 bits per heavy atom. The summed E-state index contributed by atoms with van der Waals surface area (Å²) in [5, 5.41) is 9.18. The van der Waals surface area contributed by atoms with Crippen LogP contribution in [0.5, 0.6) is 5.75 Å². The van der Waals surface area contributed by atoms with Gasteiger partial charge < -0.3 is 15.6 Å². The SMILES string of the molecule is COc1cc(S(=O)(=O)NC(CO)C(C)C)ccc1N. The van der Waals surface area contributed by atoms with Gasteiger partial charge in [-0.15, -0.1) is 0 Å². The maximum absolute atomic E-state index is 12.2. The number of nitrogen functional groups attached to an aromatic ring is 1. The van der Waals surface area contributed by atoms with E-state index in [2.05, 4.69) is 4.72 Å². The van der Waals surface area contributed by atoms with Crippen molar-refractivity contribution in [2.75, 3.05) is 19.5 Å². The van der Waals surface area contributed by atoms with Gasteiger partial charge in [0.15, 0.2) is 0 Å². The molecule has 1 unspecified atom stereocenters. The van der Waals surface area contributed by atoms with Gasteiger partial charge in [-0.05, 0) is 18.1 Å². The van der Waals surface area contributed by atoms with E-state index in [1.165, 1.54) is 25.3 Å². The Morgan fingerprint density at radius 2 is 2.05 bits per heavy atom. The van der Waals surface area contributed by atoms with Crippen molar-refractivity contribution in [3.8, 4) is 5.75 Å². The minimum Gasteiger partial charge on any atom is -0.495 e. The third kappa shape index (κ3) is 3.82. The number of methoxy groups -OCH3 is 1. The van der Waals surface area contributed by atoms with E-state index >= 15 is 0 Å². The maximum Gasteiger partial charge on any atom is 0.241 e. The fourth-order valence-corrected chi connectivity index (χ4v) is 2.90. The first-order chi connectivity index (χ1) is 8.81. The van der Waals surface area contributed by atoms with Crippen LogP contribution in [0.1, 0.15) is 13.8 Å². The molecule has 0 heterocycles. The Kier molecular flexibility index (Phi) is 5.16. The van der Waals surface area contributed by atoms with Gasteiger partial charge in [-0.1, -0.05) is 13.8 Å². The van der Waals surface area contributed by atoms with E-state index in [1.54, 1.807) is 0 Å². The summed E-state index contributed by atoms with van der Waals surface area (Å²) in [7, 11) is -2.29. The van der Waals surface area contributed by atoms with Crippen LogP contribution in [0.4, 0.5) is 5.69 Å². The van der Waals surface area contributed by atoms with Crippen molar-refractivity contribution < 1.29 is 18.3 Å². The van der Waals surface area contributed by atoms with Crippen LogP contribution in [0.25, 0.3) is 0 Å². The summed E-state index contributed by atoms with van der Waals surface area (Å²) in [6.45, 7) is 3.39. The minimum absolute atomic E-state index is 0.0181. The van der Waals surface area contributed by atoms with E-state index < -0.39 is 16.1 Å². The van der Waals surface area contributed by atoms with Crippen molar-refractivity contribution in [2.24, 2.45) is 5.92 Å². The van der Waals surface area contributed by atoms with Crippen molar-refractivity contribution >= 4 is 15.7 Å². The van der Waals surface area contributed by atoms with Gasteiger partial charge in [-0.2, -0.15) is 0 Å². The quantitative estimate of drug-likeness (QED) is 0.664. The fourth-order valence-electron chi connectivity index (χ4n) is 1.51. The van der Waals surface area contributed by atoms with Crippen LogP contribution in [-0.4, -0.2) is 33.3 Å². The molecule has 0 radical (unpaired) electrons. The van der Waals surface area contributed by atoms with Crippen LogP contribution in [0, 0.1) is 5.92 Å². The minimum atomic E-state index is -3.71. The molecule has 19 heavy (non-hydrogen) atoms. The summed E-state index contributed by atoms with van der Waals surface area (Å²) in [5.74, 6) is 0.281. The molecule has 7 heteroatoms. The van der Waals surface area contributed by atoms with Crippen molar-refractivity contribution in [1.29, 1.82) is 0 Å². The molecule has 0 aliphatic heterocycles. The van der Waals surface area contributed by atoms with Crippen molar-refractivity contribution in [3.63, 3.8) is 0 Å². The molecule has 0 aliphatic carbocycles. The molecule has 1 aromatic rings.